The van der Waals surface area contributed by atoms with Crippen LogP contribution >= 0.6 is 0 Å². The summed E-state index contributed by atoms with van der Waals surface area (Å²) in [5.74, 6) is -10.0. The van der Waals surface area contributed by atoms with E-state index < -0.39 is 40.4 Å². The van der Waals surface area contributed by atoms with Gasteiger partial charge in [0, 0.05) is 33.5 Å². The van der Waals surface area contributed by atoms with Crippen molar-refractivity contribution >= 4 is 11.4 Å². The van der Waals surface area contributed by atoms with Crippen molar-refractivity contribution in [2.45, 2.75) is 13.3 Å². The molecule has 27 heavy (non-hydrogen) atoms. The number of benzene rings is 1. The van der Waals surface area contributed by atoms with Crippen LogP contribution < -0.4 is 0 Å². The maximum absolute atomic E-state index is 12.0. The first kappa shape index (κ1) is 31.2. The average Bonchev–Trinajstić information content (AvgIpc) is 2.55. The van der Waals surface area contributed by atoms with Crippen LogP contribution in [0.15, 0.2) is 0 Å². The summed E-state index contributed by atoms with van der Waals surface area (Å²) in [6, 6.07) is 1.02. The van der Waals surface area contributed by atoms with Gasteiger partial charge in [-0.25, -0.2) is 17.4 Å². The van der Waals surface area contributed by atoms with Crippen molar-refractivity contribution in [3.05, 3.63) is 35.2 Å². The molecule has 1 atom stereocenters. The van der Waals surface area contributed by atoms with Crippen molar-refractivity contribution in [1.29, 1.82) is 0 Å². The first-order valence-corrected chi connectivity index (χ1v) is 8.36. The standard InChI is InChI=1S/C6F5.C6H16N2.C3H8O3S.Pd/c7-2-1-3(8)5(10)6(11)4(2)9;1-7(2)5-6-8(3)4;1-2-3-6-7(4)5;/h;5-6H2,1-4H3;2-3H2,1H3,(H,4,5);/q-1;;;/p-1. The molecule has 0 fully saturated rings. The maximum Gasteiger partial charge on any atom is 0.0893 e. The predicted molar refractivity (Wildman–Crippen MR) is 87.3 cm³/mol. The molecule has 0 heterocycles. The smallest absolute Gasteiger partial charge is 0.0893 e. The molecule has 1 unspecified atom stereocenters. The summed E-state index contributed by atoms with van der Waals surface area (Å²) >= 11 is -2.32. The van der Waals surface area contributed by atoms with E-state index in [0.717, 1.165) is 25.6 Å². The van der Waals surface area contributed by atoms with E-state index in [1.807, 2.05) is 6.92 Å². The third-order valence-corrected chi connectivity index (χ3v) is 2.73. The van der Waals surface area contributed by atoms with Crippen molar-refractivity contribution < 1.29 is 55.3 Å². The third-order valence-electron chi connectivity index (χ3n) is 2.37. The summed E-state index contributed by atoms with van der Waals surface area (Å²) < 4.78 is 83.0. The van der Waals surface area contributed by atoms with Gasteiger partial charge in [-0.1, -0.05) is 6.92 Å². The molecule has 0 radical (unpaired) electrons. The van der Waals surface area contributed by atoms with Gasteiger partial charge in [0.05, 0.1) is 47.1 Å². The minimum Gasteiger partial charge on any atom is -0.750 e. The van der Waals surface area contributed by atoms with Gasteiger partial charge >= 0.3 is 0 Å². The van der Waals surface area contributed by atoms with Gasteiger partial charge in [-0.2, -0.15) is 0 Å². The molecule has 1 aromatic carbocycles. The predicted octanol–water partition coefficient (Wildman–Crippen LogP) is 2.50. The normalized spacial score (nSPS) is 11.1. The fourth-order valence-corrected chi connectivity index (χ4v) is 1.35. The number of nitrogens with zero attached hydrogens (tertiary/aromatic N) is 2. The van der Waals surface area contributed by atoms with E-state index in [4.69, 9.17) is 0 Å². The van der Waals surface area contributed by atoms with E-state index in [1.165, 1.54) is 0 Å². The van der Waals surface area contributed by atoms with Gasteiger partial charge in [0.2, 0.25) is 0 Å². The Balaban J connectivity index is -0.000000325. The molecule has 164 valence electrons. The van der Waals surface area contributed by atoms with Gasteiger partial charge in [0.25, 0.3) is 0 Å². The molecule has 1 rings (SSSR count). The van der Waals surface area contributed by atoms with Crippen LogP contribution in [0.25, 0.3) is 0 Å². The molecule has 0 aliphatic rings. The van der Waals surface area contributed by atoms with Crippen LogP contribution in [0.1, 0.15) is 13.3 Å². The van der Waals surface area contributed by atoms with Gasteiger partial charge < -0.3 is 18.5 Å². The summed E-state index contributed by atoms with van der Waals surface area (Å²) in [7, 11) is 8.35. The largest absolute Gasteiger partial charge is 0.750 e. The van der Waals surface area contributed by atoms with E-state index in [2.05, 4.69) is 42.2 Å². The van der Waals surface area contributed by atoms with Gasteiger partial charge in [0.1, 0.15) is 0 Å². The first-order chi connectivity index (χ1) is 11.9. The number of likely N-dealkylation sites (N-methyl/N-ethyl adjacent to an activating group) is 2. The molecular weight excluding hydrogens is 490 g/mol. The Morgan fingerprint density at radius 3 is 1.52 bits per heavy atom. The second-order valence-electron chi connectivity index (χ2n) is 5.33. The molecule has 0 N–H and O–H groups in total. The SMILES string of the molecule is CCCOS(=O)[O-].CN(C)CCN(C)C.Fc1[c-]c(F)c(F)c(F)c1F.[Pd]. The van der Waals surface area contributed by atoms with Crippen LogP contribution in [-0.2, 0) is 36.0 Å². The number of hydrogen-bond acceptors (Lipinski definition) is 5. The van der Waals surface area contributed by atoms with E-state index in [9.17, 15) is 30.7 Å². The third kappa shape index (κ3) is 17.4. The molecule has 5 nitrogen and oxygen atoms in total. The minimum absolute atomic E-state index is 0. The van der Waals surface area contributed by atoms with E-state index in [0.29, 0.717) is 0 Å². The summed E-state index contributed by atoms with van der Waals surface area (Å²) in [6.45, 7) is 4.42. The van der Waals surface area contributed by atoms with Gasteiger partial charge in [0.15, 0.2) is 0 Å². The van der Waals surface area contributed by atoms with E-state index in [-0.39, 0.29) is 27.0 Å². The first-order valence-electron chi connectivity index (χ1n) is 7.36. The molecule has 12 heteroatoms. The maximum atomic E-state index is 12.0. The molecule has 1 aromatic rings. The van der Waals surface area contributed by atoms with Gasteiger partial charge in [-0.05, 0) is 34.6 Å². The van der Waals surface area contributed by atoms with E-state index >= 15 is 0 Å². The molecule has 0 spiro atoms. The summed E-state index contributed by atoms with van der Waals surface area (Å²) in [5, 5.41) is 0. The minimum atomic E-state index is -2.32. The molecule has 0 saturated heterocycles. The molecule has 0 saturated carbocycles. The number of hydrogen-bond donors (Lipinski definition) is 0. The van der Waals surface area contributed by atoms with Crippen LogP contribution in [0.2, 0.25) is 0 Å². The van der Waals surface area contributed by atoms with Crippen molar-refractivity contribution in [2.24, 2.45) is 0 Å². The summed E-state index contributed by atoms with van der Waals surface area (Å²) in [6.07, 6.45) is 0.730. The average molecular weight is 513 g/mol. The Morgan fingerprint density at radius 2 is 1.30 bits per heavy atom. The molecule has 0 amide bonds. The van der Waals surface area contributed by atoms with E-state index in [1.54, 1.807) is 0 Å². The molecule has 0 bridgehead atoms. The van der Waals surface area contributed by atoms with Crippen LogP contribution in [0.5, 0.6) is 0 Å². The Hall–Kier alpha value is -0.478. The molecular formula is C15H23F5N2O3PdS-2. The molecule has 0 aromatic heterocycles. The van der Waals surface area contributed by atoms with Crippen LogP contribution in [-0.4, -0.2) is 66.4 Å². The fraction of sp³-hybridized carbons (Fsp3) is 0.600. The quantitative estimate of drug-likeness (QED) is 0.146. The number of rotatable bonds is 6. The topological polar surface area (TPSA) is 55.8 Å². The zero-order valence-electron chi connectivity index (χ0n) is 15.6. The van der Waals surface area contributed by atoms with Crippen molar-refractivity contribution in [3.8, 4) is 0 Å². The van der Waals surface area contributed by atoms with Crippen molar-refractivity contribution in [3.63, 3.8) is 0 Å². The summed E-state index contributed by atoms with van der Waals surface area (Å²) in [4.78, 5) is 4.36. The van der Waals surface area contributed by atoms with Gasteiger partial charge in [-0.3, -0.25) is 8.78 Å². The summed E-state index contributed by atoms with van der Waals surface area (Å²) in [5.41, 5.74) is 0. The monoisotopic (exact) mass is 512 g/mol. The second-order valence-corrected chi connectivity index (χ2v) is 5.97. The Kier molecular flexibility index (Phi) is 20.4. The Labute approximate surface area is 173 Å². The van der Waals surface area contributed by atoms with Crippen LogP contribution in [0.4, 0.5) is 22.0 Å². The van der Waals surface area contributed by atoms with Crippen molar-refractivity contribution in [2.75, 3.05) is 47.9 Å². The molecule has 0 aliphatic carbocycles. The van der Waals surface area contributed by atoms with Gasteiger partial charge in [-0.15, -0.1) is 6.07 Å². The molecule has 0 aliphatic heterocycles. The van der Waals surface area contributed by atoms with Crippen LogP contribution in [0.3, 0.4) is 0 Å². The Bertz CT molecular complexity index is 520. The zero-order chi connectivity index (χ0) is 20.9. The Morgan fingerprint density at radius 1 is 0.926 bits per heavy atom. The fourth-order valence-electron chi connectivity index (χ4n) is 1.05. The van der Waals surface area contributed by atoms with Crippen molar-refractivity contribution in [1.82, 2.24) is 9.80 Å². The zero-order valence-corrected chi connectivity index (χ0v) is 17.9. The van der Waals surface area contributed by atoms with Crippen LogP contribution in [0, 0.1) is 35.2 Å². The number of halogens is 5. The second kappa shape index (κ2) is 17.6.